The number of carboxylic acid groups (broad SMARTS) is 1. The van der Waals surface area contributed by atoms with Gasteiger partial charge in [-0.1, -0.05) is 48.5 Å². The number of sulfonamides is 2. The molecule has 5 amide bonds. The lowest BCUT2D eigenvalue weighted by atomic mass is 10.1. The van der Waals surface area contributed by atoms with Crippen LogP contribution in [0.25, 0.3) is 22.3 Å². The smallest absolute Gasteiger partial charge is 0.335 e. The van der Waals surface area contributed by atoms with Gasteiger partial charge in [0.1, 0.15) is 44.3 Å². The zero-order valence-corrected chi connectivity index (χ0v) is 47.5. The maximum atomic E-state index is 13.3. The number of nitrogens with one attached hydrogen (secondary N) is 5. The highest BCUT2D eigenvalue weighted by atomic mass is 35.5. The minimum Gasteiger partial charge on any atom is -0.497 e. The summed E-state index contributed by atoms with van der Waals surface area (Å²) < 4.78 is 78.8. The third-order valence-corrected chi connectivity index (χ3v) is 14.0. The number of hydrogen-bond acceptors (Lipinski definition) is 15. The van der Waals surface area contributed by atoms with Crippen molar-refractivity contribution in [3.63, 3.8) is 0 Å². The molecule has 24 heteroatoms. The molecule has 0 radical (unpaired) electrons. The molecule has 428 valence electrons. The number of rotatable bonds is 14. The molecule has 0 spiro atoms. The van der Waals surface area contributed by atoms with Crippen molar-refractivity contribution in [2.24, 2.45) is 0 Å². The number of amides is 5. The molecule has 2 aliphatic heterocycles. The number of halogens is 1. The van der Waals surface area contributed by atoms with Gasteiger partial charge >= 0.3 is 18.0 Å². The summed E-state index contributed by atoms with van der Waals surface area (Å²) in [6.45, 7) is 12.1. The summed E-state index contributed by atoms with van der Waals surface area (Å²) in [7, 11) is -5.77. The van der Waals surface area contributed by atoms with E-state index in [1.165, 1.54) is 35.2 Å². The summed E-state index contributed by atoms with van der Waals surface area (Å²) in [5.74, 6) is 0.110. The largest absolute Gasteiger partial charge is 0.497 e. The average molecular weight is 1160 g/mol. The molecule has 80 heavy (non-hydrogen) atoms. The Balaban J connectivity index is 0.000000268. The number of hydrogen-bond donors (Lipinski definition) is 8. The van der Waals surface area contributed by atoms with Crippen molar-refractivity contribution in [3.05, 3.63) is 145 Å². The predicted octanol–water partition coefficient (Wildman–Crippen LogP) is 7.77. The molecular weight excluding hydrogens is 1100 g/mol. The van der Waals surface area contributed by atoms with Crippen LogP contribution in [0.15, 0.2) is 143 Å². The van der Waals surface area contributed by atoms with Crippen molar-refractivity contribution in [1.29, 1.82) is 0 Å². The summed E-state index contributed by atoms with van der Waals surface area (Å²) in [4.78, 5) is 49.5. The number of nitrogens with zero attached hydrogens (tertiary/aromatic N) is 1. The van der Waals surface area contributed by atoms with Crippen molar-refractivity contribution in [1.82, 2.24) is 30.3 Å². The first-order valence-electron chi connectivity index (χ1n) is 24.5. The van der Waals surface area contributed by atoms with Crippen LogP contribution in [0.2, 0.25) is 0 Å². The molecule has 0 unspecified atom stereocenters. The van der Waals surface area contributed by atoms with Gasteiger partial charge in [0.15, 0.2) is 0 Å². The fourth-order valence-corrected chi connectivity index (χ4v) is 9.46. The number of urea groups is 2. The molecule has 6 aromatic carbocycles. The van der Waals surface area contributed by atoms with E-state index in [9.17, 15) is 46.2 Å². The van der Waals surface area contributed by atoms with Gasteiger partial charge in [0.05, 0.1) is 32.0 Å². The molecule has 0 aliphatic carbocycles. The van der Waals surface area contributed by atoms with Crippen LogP contribution in [0.1, 0.15) is 62.3 Å². The molecule has 0 atom stereocenters. The number of benzene rings is 6. The van der Waals surface area contributed by atoms with Crippen molar-refractivity contribution in [3.8, 4) is 56.8 Å². The topological polar surface area (TPSA) is 298 Å². The molecule has 6 aromatic rings. The second kappa shape index (κ2) is 26.8. The highest BCUT2D eigenvalue weighted by molar-refractivity contribution is 7.90. The zero-order chi connectivity index (χ0) is 57.9. The third-order valence-electron chi connectivity index (χ3n) is 11.3. The molecule has 8 rings (SSSR count). The maximum absolute atomic E-state index is 13.3. The van der Waals surface area contributed by atoms with Crippen molar-refractivity contribution in [2.75, 3.05) is 40.4 Å². The Morgan fingerprint density at radius 3 is 1.26 bits per heavy atom. The number of β-amino-alcohol motifs (C(OH)–C–C–N with tert-alkyl or cyclic N) is 2. The van der Waals surface area contributed by atoms with Crippen LogP contribution in [-0.4, -0.2) is 125 Å². The predicted molar refractivity (Wildman–Crippen MR) is 302 cm³/mol. The normalized spacial score (nSPS) is 13.3. The standard InChI is InChI=1S/C28H31N3O7S.C25H26N2O7S.C3H7NO.ClH/c1-28(2,3)29-27(34)30-39(35,36)25-15-20(26(33)31-16-21(32)17-31)10-13-24(25)38-23-7-5-6-19(14-23)18-8-11-22(37-4)12-9-18;1-25(2,3)26-24(30)27-35(31,32)22-15-18(23(28)29)10-13-21(22)34-20-7-5-6-17(14-20)16-8-11-19(33-4)12-9-16;5-3-1-4-2-3;/h5-15,21,32H,16-17H2,1-4H3,(H2,29,30,34);5-15H,1-4H3,(H,28,29)(H2,26,27,30);3-5H,1-2H2;1H. The number of ether oxygens (including phenoxy) is 4. The van der Waals surface area contributed by atoms with Crippen LogP contribution >= 0.6 is 12.4 Å². The fraction of sp³-hybridized carbons (Fsp3) is 0.286. The van der Waals surface area contributed by atoms with E-state index in [-0.39, 0.29) is 59.1 Å². The van der Waals surface area contributed by atoms with Crippen molar-refractivity contribution >= 4 is 56.4 Å². The molecule has 0 saturated carbocycles. The van der Waals surface area contributed by atoms with Crippen LogP contribution in [-0.2, 0) is 20.0 Å². The van der Waals surface area contributed by atoms with Crippen LogP contribution in [0.3, 0.4) is 0 Å². The fourth-order valence-electron chi connectivity index (χ4n) is 7.33. The van der Waals surface area contributed by atoms with E-state index in [1.807, 2.05) is 70.1 Å². The summed E-state index contributed by atoms with van der Waals surface area (Å²) in [6.07, 6.45) is -0.657. The van der Waals surface area contributed by atoms with Crippen molar-refractivity contribution < 1.29 is 70.3 Å². The number of aromatic carboxylic acids is 1. The molecular formula is C56H65ClN6O15S2. The van der Waals surface area contributed by atoms with Crippen LogP contribution < -0.4 is 44.3 Å². The summed E-state index contributed by atoms with van der Waals surface area (Å²) >= 11 is 0. The molecule has 2 fully saturated rings. The first-order valence-corrected chi connectivity index (χ1v) is 27.5. The van der Waals surface area contributed by atoms with Gasteiger partial charge in [-0.25, -0.2) is 40.7 Å². The Labute approximate surface area is 471 Å². The van der Waals surface area contributed by atoms with Gasteiger partial charge < -0.3 is 55.1 Å². The third kappa shape index (κ3) is 18.1. The lowest BCUT2D eigenvalue weighted by Gasteiger charge is -2.36. The second-order valence-electron chi connectivity index (χ2n) is 20.1. The van der Waals surface area contributed by atoms with E-state index in [2.05, 4.69) is 16.0 Å². The number of carbonyl (C=O) groups is 4. The monoisotopic (exact) mass is 1160 g/mol. The van der Waals surface area contributed by atoms with Crippen LogP contribution in [0.4, 0.5) is 9.59 Å². The Morgan fingerprint density at radius 1 is 0.537 bits per heavy atom. The van der Waals surface area contributed by atoms with E-state index in [4.69, 9.17) is 24.1 Å². The van der Waals surface area contributed by atoms with Gasteiger partial charge in [-0.2, -0.15) is 0 Å². The first-order chi connectivity index (χ1) is 37.1. The van der Waals surface area contributed by atoms with E-state index in [0.717, 1.165) is 41.4 Å². The highest BCUT2D eigenvalue weighted by Gasteiger charge is 2.32. The molecule has 2 heterocycles. The number of carbonyl (C=O) groups excluding carboxylic acids is 3. The van der Waals surface area contributed by atoms with Gasteiger partial charge in [0.2, 0.25) is 0 Å². The van der Waals surface area contributed by atoms with Gasteiger partial charge in [0.25, 0.3) is 26.0 Å². The average Bonchev–Trinajstić information content (AvgIpc) is 3.36. The number of methoxy groups -OCH3 is 2. The molecule has 2 saturated heterocycles. The Bertz CT molecular complexity index is 3380. The van der Waals surface area contributed by atoms with E-state index in [1.54, 1.807) is 92.2 Å². The number of carboxylic acids is 1. The van der Waals surface area contributed by atoms with Crippen molar-refractivity contribution in [2.45, 2.75) is 74.6 Å². The quantitative estimate of drug-likeness (QED) is 0.0517. The Kier molecular flexibility index (Phi) is 21.1. The van der Waals surface area contributed by atoms with E-state index < -0.39 is 66.1 Å². The van der Waals surface area contributed by atoms with Gasteiger partial charge in [0, 0.05) is 42.8 Å². The van der Waals surface area contributed by atoms with Gasteiger partial charge in [-0.3, -0.25) is 4.79 Å². The molecule has 0 bridgehead atoms. The number of aliphatic hydroxyl groups is 2. The second-order valence-corrected chi connectivity index (χ2v) is 23.4. The Hall–Kier alpha value is -7.93. The van der Waals surface area contributed by atoms with Gasteiger partial charge in [-0.05, 0) is 149 Å². The first kappa shape index (κ1) is 62.9. The maximum Gasteiger partial charge on any atom is 0.335 e. The van der Waals surface area contributed by atoms with Gasteiger partial charge in [-0.15, -0.1) is 12.4 Å². The van der Waals surface area contributed by atoms with Crippen LogP contribution in [0.5, 0.6) is 34.5 Å². The molecule has 0 aromatic heterocycles. The van der Waals surface area contributed by atoms with E-state index in [0.29, 0.717) is 23.0 Å². The summed E-state index contributed by atoms with van der Waals surface area (Å²) in [5.41, 5.74) is 1.84. The lowest BCUT2D eigenvalue weighted by molar-refractivity contribution is 0.00587. The van der Waals surface area contributed by atoms with E-state index >= 15 is 0 Å². The minimum atomic E-state index is -4.47. The minimum absolute atomic E-state index is 0. The lowest BCUT2D eigenvalue weighted by Crippen LogP contribution is -2.53. The SMILES string of the molecule is COc1ccc(-c2cccc(Oc3ccc(C(=O)N4CC(O)C4)cc3S(=O)(=O)NC(=O)NC(C)(C)C)c2)cc1.COc1ccc(-c2cccc(Oc3ccc(C(=O)O)cc3S(=O)(=O)NC(=O)NC(C)(C)C)c2)cc1.Cl.OC1CNC1. The molecule has 8 N–H and O–H groups in total. The molecule has 2 aliphatic rings. The molecule has 21 nitrogen and oxygen atoms in total. The number of aliphatic hydroxyl groups excluding tert-OH is 2. The van der Waals surface area contributed by atoms with Crippen LogP contribution in [0, 0.1) is 0 Å². The summed E-state index contributed by atoms with van der Waals surface area (Å²) in [6, 6.07) is 34.3. The zero-order valence-electron chi connectivity index (χ0n) is 45.1. The Morgan fingerprint density at radius 2 is 0.925 bits per heavy atom. The number of likely N-dealkylation sites (tertiary alicyclic amines) is 1. The highest BCUT2D eigenvalue weighted by Crippen LogP contribution is 2.35. The summed E-state index contributed by atoms with van der Waals surface area (Å²) in [5, 5.41) is 35.2.